The lowest BCUT2D eigenvalue weighted by molar-refractivity contribution is -0.147. The number of carbonyl (C=O) groups is 2. The maximum absolute atomic E-state index is 13.7. The van der Waals surface area contributed by atoms with E-state index in [0.29, 0.717) is 24.4 Å². The highest BCUT2D eigenvalue weighted by Crippen LogP contribution is 2.21. The van der Waals surface area contributed by atoms with Crippen molar-refractivity contribution in [2.45, 2.75) is 25.1 Å². The Bertz CT molecular complexity index is 550. The summed E-state index contributed by atoms with van der Waals surface area (Å²) in [7, 11) is 2.71. The molecule has 0 bridgehead atoms. The van der Waals surface area contributed by atoms with Gasteiger partial charge in [-0.25, -0.2) is 9.18 Å². The van der Waals surface area contributed by atoms with Crippen LogP contribution in [-0.2, 0) is 14.3 Å². The molecule has 0 aromatic heterocycles. The maximum Gasteiger partial charge on any atom is 0.341 e. The number of anilines is 1. The number of halogens is 1. The third-order valence-corrected chi connectivity index (χ3v) is 3.88. The van der Waals surface area contributed by atoms with Crippen molar-refractivity contribution in [1.29, 1.82) is 0 Å². The zero-order valence-electron chi connectivity index (χ0n) is 13.3. The Hall–Kier alpha value is -2.15. The summed E-state index contributed by atoms with van der Waals surface area (Å²) in [6, 6.07) is 6.53. The molecule has 0 spiro atoms. The van der Waals surface area contributed by atoms with Crippen molar-refractivity contribution >= 4 is 17.6 Å². The average molecular weight is 324 g/mol. The highest BCUT2D eigenvalue weighted by Gasteiger charge is 2.34. The standard InChI is InChI=1S/C16H21FN2O4/c1-22-12-7-5-11(6-8-12)18-15(20)14-4-3-9-19(14)10-13(17)16(21)23-2/h5-8,13-14H,3-4,9-10H2,1-2H3,(H,18,20)/t13-,14-/m0/s1. The summed E-state index contributed by atoms with van der Waals surface area (Å²) >= 11 is 0. The van der Waals surface area contributed by atoms with Crippen LogP contribution in [0.15, 0.2) is 24.3 Å². The third-order valence-electron chi connectivity index (χ3n) is 3.88. The second-order valence-corrected chi connectivity index (χ2v) is 5.36. The van der Waals surface area contributed by atoms with Gasteiger partial charge in [-0.1, -0.05) is 0 Å². The number of methoxy groups -OCH3 is 2. The number of hydrogen-bond acceptors (Lipinski definition) is 5. The van der Waals surface area contributed by atoms with Crippen LogP contribution in [0.4, 0.5) is 10.1 Å². The summed E-state index contributed by atoms with van der Waals surface area (Å²) in [5.41, 5.74) is 0.646. The SMILES string of the molecule is COC(=O)[C@@H](F)CN1CCC[C@H]1C(=O)Nc1ccc(OC)cc1. The molecule has 1 aliphatic heterocycles. The smallest absolute Gasteiger partial charge is 0.341 e. The lowest BCUT2D eigenvalue weighted by Gasteiger charge is -2.24. The number of nitrogens with zero attached hydrogens (tertiary/aromatic N) is 1. The predicted molar refractivity (Wildman–Crippen MR) is 83.1 cm³/mol. The number of amides is 1. The number of rotatable bonds is 6. The molecule has 23 heavy (non-hydrogen) atoms. The number of nitrogens with one attached hydrogen (secondary N) is 1. The molecule has 1 aromatic rings. The summed E-state index contributed by atoms with van der Waals surface area (Å²) in [4.78, 5) is 25.3. The Morgan fingerprint density at radius 2 is 2.04 bits per heavy atom. The predicted octanol–water partition coefficient (Wildman–Crippen LogP) is 1.61. The van der Waals surface area contributed by atoms with Crippen molar-refractivity contribution in [1.82, 2.24) is 4.90 Å². The maximum atomic E-state index is 13.7. The molecular weight excluding hydrogens is 303 g/mol. The first kappa shape index (κ1) is 17.2. The molecule has 126 valence electrons. The van der Waals surface area contributed by atoms with E-state index >= 15 is 0 Å². The molecule has 1 fully saturated rings. The van der Waals surface area contributed by atoms with Crippen LogP contribution in [0.3, 0.4) is 0 Å². The number of ether oxygens (including phenoxy) is 2. The average Bonchev–Trinajstić information content (AvgIpc) is 3.02. The van der Waals surface area contributed by atoms with E-state index < -0.39 is 18.2 Å². The molecule has 0 saturated carbocycles. The molecule has 0 aliphatic carbocycles. The molecule has 0 radical (unpaired) electrons. The van der Waals surface area contributed by atoms with Gasteiger partial charge in [0.1, 0.15) is 5.75 Å². The monoisotopic (exact) mass is 324 g/mol. The molecule has 1 saturated heterocycles. The first-order valence-corrected chi connectivity index (χ1v) is 7.46. The van der Waals surface area contributed by atoms with E-state index in [2.05, 4.69) is 10.1 Å². The topological polar surface area (TPSA) is 67.9 Å². The van der Waals surface area contributed by atoms with Gasteiger partial charge in [0, 0.05) is 12.2 Å². The van der Waals surface area contributed by atoms with Crippen LogP contribution in [0.1, 0.15) is 12.8 Å². The molecule has 2 atom stereocenters. The van der Waals surface area contributed by atoms with Crippen LogP contribution in [0.5, 0.6) is 5.75 Å². The van der Waals surface area contributed by atoms with Crippen molar-refractivity contribution in [3.8, 4) is 5.75 Å². The molecule has 1 amide bonds. The Morgan fingerprint density at radius 1 is 1.35 bits per heavy atom. The van der Waals surface area contributed by atoms with Crippen molar-refractivity contribution in [3.63, 3.8) is 0 Å². The summed E-state index contributed by atoms with van der Waals surface area (Å²) in [5.74, 6) is -0.417. The van der Waals surface area contributed by atoms with Crippen LogP contribution in [-0.4, -0.2) is 56.3 Å². The molecule has 7 heteroatoms. The van der Waals surface area contributed by atoms with E-state index in [-0.39, 0.29) is 12.5 Å². The van der Waals surface area contributed by atoms with Crippen molar-refractivity contribution in [3.05, 3.63) is 24.3 Å². The highest BCUT2D eigenvalue weighted by atomic mass is 19.1. The first-order valence-electron chi connectivity index (χ1n) is 7.46. The van der Waals surface area contributed by atoms with E-state index in [1.54, 1.807) is 36.3 Å². The van der Waals surface area contributed by atoms with Gasteiger partial charge >= 0.3 is 5.97 Å². The highest BCUT2D eigenvalue weighted by molar-refractivity contribution is 5.95. The Morgan fingerprint density at radius 3 is 2.65 bits per heavy atom. The van der Waals surface area contributed by atoms with Gasteiger partial charge in [-0.15, -0.1) is 0 Å². The van der Waals surface area contributed by atoms with Gasteiger partial charge in [0.15, 0.2) is 0 Å². The van der Waals surface area contributed by atoms with Gasteiger partial charge in [-0.05, 0) is 43.7 Å². The van der Waals surface area contributed by atoms with Crippen molar-refractivity contribution in [2.75, 3.05) is 32.6 Å². The Labute approximate surface area is 134 Å². The first-order chi connectivity index (χ1) is 11.0. The number of benzene rings is 1. The molecule has 1 heterocycles. The number of likely N-dealkylation sites (tertiary alicyclic amines) is 1. The zero-order valence-corrected chi connectivity index (χ0v) is 13.3. The Balaban J connectivity index is 1.95. The minimum atomic E-state index is -1.74. The number of carbonyl (C=O) groups excluding carboxylic acids is 2. The van der Waals surface area contributed by atoms with E-state index in [4.69, 9.17) is 4.74 Å². The second kappa shape index (κ2) is 7.92. The zero-order chi connectivity index (χ0) is 16.8. The quantitative estimate of drug-likeness (QED) is 0.805. The van der Waals surface area contributed by atoms with Crippen molar-refractivity contribution < 1.29 is 23.5 Å². The second-order valence-electron chi connectivity index (χ2n) is 5.36. The van der Waals surface area contributed by atoms with Crippen LogP contribution in [0.2, 0.25) is 0 Å². The van der Waals surface area contributed by atoms with Crippen LogP contribution in [0, 0.1) is 0 Å². The fourth-order valence-electron chi connectivity index (χ4n) is 2.65. The lowest BCUT2D eigenvalue weighted by atomic mass is 10.2. The number of hydrogen-bond donors (Lipinski definition) is 1. The van der Waals surface area contributed by atoms with Gasteiger partial charge < -0.3 is 14.8 Å². The lowest BCUT2D eigenvalue weighted by Crippen LogP contribution is -2.44. The molecule has 1 N–H and O–H groups in total. The van der Waals surface area contributed by atoms with Gasteiger partial charge in [-0.3, -0.25) is 9.69 Å². The summed E-state index contributed by atoms with van der Waals surface area (Å²) < 4.78 is 23.2. The van der Waals surface area contributed by atoms with Crippen LogP contribution >= 0.6 is 0 Å². The van der Waals surface area contributed by atoms with Gasteiger partial charge in [0.05, 0.1) is 20.3 Å². The molecule has 6 nitrogen and oxygen atoms in total. The Kier molecular flexibility index (Phi) is 5.92. The third kappa shape index (κ3) is 4.41. The van der Waals surface area contributed by atoms with Crippen molar-refractivity contribution in [2.24, 2.45) is 0 Å². The molecule has 1 aromatic carbocycles. The fraction of sp³-hybridized carbons (Fsp3) is 0.500. The summed E-state index contributed by atoms with van der Waals surface area (Å²) in [6.07, 6.45) is -0.320. The molecular formula is C16H21FN2O4. The minimum absolute atomic E-state index is 0.132. The van der Waals surface area contributed by atoms with Crippen LogP contribution < -0.4 is 10.1 Å². The number of alkyl halides is 1. The normalized spacial score (nSPS) is 19.2. The summed E-state index contributed by atoms with van der Waals surface area (Å²) in [5, 5.41) is 2.81. The number of esters is 1. The minimum Gasteiger partial charge on any atom is -0.497 e. The van der Waals surface area contributed by atoms with E-state index in [9.17, 15) is 14.0 Å². The van der Waals surface area contributed by atoms with Crippen LogP contribution in [0.25, 0.3) is 0 Å². The fourth-order valence-corrected chi connectivity index (χ4v) is 2.65. The molecule has 2 rings (SSSR count). The molecule has 0 unspecified atom stereocenters. The van der Waals surface area contributed by atoms with Gasteiger partial charge in [0.2, 0.25) is 12.1 Å². The molecule has 1 aliphatic rings. The van der Waals surface area contributed by atoms with Gasteiger partial charge in [-0.2, -0.15) is 0 Å². The largest absolute Gasteiger partial charge is 0.497 e. The van der Waals surface area contributed by atoms with Gasteiger partial charge in [0.25, 0.3) is 0 Å². The summed E-state index contributed by atoms with van der Waals surface area (Å²) in [6.45, 7) is 0.450. The van der Waals surface area contributed by atoms with E-state index in [0.717, 1.165) is 13.5 Å². The van der Waals surface area contributed by atoms with E-state index in [1.807, 2.05) is 0 Å². The van der Waals surface area contributed by atoms with E-state index in [1.165, 1.54) is 0 Å².